The van der Waals surface area contributed by atoms with Crippen LogP contribution in [-0.4, -0.2) is 29.6 Å². The standard InChI is InChI=1S/C17H21NO5/c1-2-23-17(22)11-7-9-12(10-8-11)18-15(19)13-5-3-4-6-14(13)16(20)21/h7-10,13-14H,2-6H2,1H3,(H,18,19)(H,20,21)/t13-,14-/m0/s1. The van der Waals surface area contributed by atoms with Crippen molar-refractivity contribution >= 4 is 23.5 Å². The number of amides is 1. The Morgan fingerprint density at radius 1 is 1.13 bits per heavy atom. The third-order valence-electron chi connectivity index (χ3n) is 4.08. The average Bonchev–Trinajstić information content (AvgIpc) is 2.55. The second kappa shape index (κ2) is 7.76. The van der Waals surface area contributed by atoms with Crippen molar-refractivity contribution < 1.29 is 24.2 Å². The molecule has 6 heteroatoms. The van der Waals surface area contributed by atoms with E-state index in [-0.39, 0.29) is 5.91 Å². The summed E-state index contributed by atoms with van der Waals surface area (Å²) >= 11 is 0. The smallest absolute Gasteiger partial charge is 0.338 e. The van der Waals surface area contributed by atoms with Crippen molar-refractivity contribution in [3.63, 3.8) is 0 Å². The third kappa shape index (κ3) is 4.31. The number of carbonyl (C=O) groups excluding carboxylic acids is 2. The molecular weight excluding hydrogens is 298 g/mol. The molecule has 1 amide bonds. The summed E-state index contributed by atoms with van der Waals surface area (Å²) in [6.07, 6.45) is 2.83. The lowest BCUT2D eigenvalue weighted by Crippen LogP contribution is -2.36. The zero-order valence-corrected chi connectivity index (χ0v) is 13.1. The van der Waals surface area contributed by atoms with E-state index in [1.165, 1.54) is 0 Å². The molecule has 1 aromatic rings. The first-order chi connectivity index (χ1) is 11.0. The Morgan fingerprint density at radius 2 is 1.74 bits per heavy atom. The maximum absolute atomic E-state index is 12.3. The minimum Gasteiger partial charge on any atom is -0.481 e. The van der Waals surface area contributed by atoms with Crippen LogP contribution in [0.4, 0.5) is 5.69 Å². The molecule has 0 radical (unpaired) electrons. The van der Waals surface area contributed by atoms with Crippen molar-refractivity contribution in [1.82, 2.24) is 0 Å². The van der Waals surface area contributed by atoms with E-state index in [2.05, 4.69) is 5.32 Å². The molecule has 0 aliphatic heterocycles. The van der Waals surface area contributed by atoms with Gasteiger partial charge >= 0.3 is 11.9 Å². The van der Waals surface area contributed by atoms with Crippen molar-refractivity contribution in [2.75, 3.05) is 11.9 Å². The first kappa shape index (κ1) is 17.0. The summed E-state index contributed by atoms with van der Waals surface area (Å²) in [4.78, 5) is 35.2. The van der Waals surface area contributed by atoms with E-state index in [0.717, 1.165) is 12.8 Å². The largest absolute Gasteiger partial charge is 0.481 e. The number of carbonyl (C=O) groups is 3. The van der Waals surface area contributed by atoms with Crippen LogP contribution in [0.3, 0.4) is 0 Å². The van der Waals surface area contributed by atoms with E-state index < -0.39 is 23.8 Å². The number of nitrogens with one attached hydrogen (secondary N) is 1. The predicted molar refractivity (Wildman–Crippen MR) is 84.1 cm³/mol. The number of hydrogen-bond donors (Lipinski definition) is 2. The topological polar surface area (TPSA) is 92.7 Å². The lowest BCUT2D eigenvalue weighted by atomic mass is 9.78. The molecule has 1 fully saturated rings. The second-order valence-corrected chi connectivity index (χ2v) is 5.62. The maximum Gasteiger partial charge on any atom is 0.338 e. The van der Waals surface area contributed by atoms with Crippen LogP contribution in [-0.2, 0) is 14.3 Å². The fourth-order valence-corrected chi connectivity index (χ4v) is 2.88. The minimum absolute atomic E-state index is 0.277. The molecule has 2 rings (SSSR count). The number of anilines is 1. The van der Waals surface area contributed by atoms with E-state index in [1.54, 1.807) is 31.2 Å². The first-order valence-electron chi connectivity index (χ1n) is 7.83. The molecule has 0 saturated heterocycles. The SMILES string of the molecule is CCOC(=O)c1ccc(NC(=O)[C@H]2CCCC[C@@H]2C(=O)O)cc1. The Kier molecular flexibility index (Phi) is 5.73. The summed E-state index contributed by atoms with van der Waals surface area (Å²) in [6.45, 7) is 2.03. The number of ether oxygens (including phenoxy) is 1. The minimum atomic E-state index is -0.914. The highest BCUT2D eigenvalue weighted by atomic mass is 16.5. The monoisotopic (exact) mass is 319 g/mol. The molecule has 6 nitrogen and oxygen atoms in total. The Labute approximate surface area is 134 Å². The van der Waals surface area contributed by atoms with Gasteiger partial charge in [-0.2, -0.15) is 0 Å². The quantitative estimate of drug-likeness (QED) is 0.814. The molecule has 0 heterocycles. The van der Waals surface area contributed by atoms with Gasteiger partial charge in [0.2, 0.25) is 5.91 Å². The normalized spacial score (nSPS) is 20.6. The van der Waals surface area contributed by atoms with Gasteiger partial charge in [-0.3, -0.25) is 9.59 Å². The molecule has 1 aliphatic carbocycles. The maximum atomic E-state index is 12.3. The highest BCUT2D eigenvalue weighted by Crippen LogP contribution is 2.31. The molecule has 0 aromatic heterocycles. The molecule has 0 spiro atoms. The summed E-state index contributed by atoms with van der Waals surface area (Å²) in [6, 6.07) is 6.37. The van der Waals surface area contributed by atoms with Crippen molar-refractivity contribution in [2.45, 2.75) is 32.6 Å². The van der Waals surface area contributed by atoms with Crippen LogP contribution < -0.4 is 5.32 Å². The van der Waals surface area contributed by atoms with Crippen LogP contribution in [0, 0.1) is 11.8 Å². The molecule has 2 N–H and O–H groups in total. The van der Waals surface area contributed by atoms with Gasteiger partial charge in [-0.25, -0.2) is 4.79 Å². The molecule has 23 heavy (non-hydrogen) atoms. The lowest BCUT2D eigenvalue weighted by molar-refractivity contribution is -0.147. The van der Waals surface area contributed by atoms with E-state index in [1.807, 2.05) is 0 Å². The second-order valence-electron chi connectivity index (χ2n) is 5.62. The summed E-state index contributed by atoms with van der Waals surface area (Å²) < 4.78 is 4.89. The Balaban J connectivity index is 2.02. The van der Waals surface area contributed by atoms with Gasteiger partial charge in [-0.1, -0.05) is 12.8 Å². The Hall–Kier alpha value is -2.37. The summed E-state index contributed by atoms with van der Waals surface area (Å²) in [5.74, 6) is -2.74. The summed E-state index contributed by atoms with van der Waals surface area (Å²) in [5, 5.41) is 12.0. The van der Waals surface area contributed by atoms with E-state index in [4.69, 9.17) is 4.74 Å². The van der Waals surface area contributed by atoms with Crippen LogP contribution in [0.15, 0.2) is 24.3 Å². The van der Waals surface area contributed by atoms with Gasteiger partial charge in [0.1, 0.15) is 0 Å². The fourth-order valence-electron chi connectivity index (χ4n) is 2.88. The third-order valence-corrected chi connectivity index (χ3v) is 4.08. The van der Waals surface area contributed by atoms with E-state index in [9.17, 15) is 19.5 Å². The van der Waals surface area contributed by atoms with Gasteiger partial charge in [0.15, 0.2) is 0 Å². The highest BCUT2D eigenvalue weighted by molar-refractivity contribution is 5.96. The van der Waals surface area contributed by atoms with Crippen molar-refractivity contribution in [3.8, 4) is 0 Å². The van der Waals surface area contributed by atoms with Gasteiger partial charge in [-0.05, 0) is 44.0 Å². The number of carboxylic acid groups (broad SMARTS) is 1. The molecule has 124 valence electrons. The summed E-state index contributed by atoms with van der Waals surface area (Å²) in [5.41, 5.74) is 0.948. The van der Waals surface area contributed by atoms with Crippen LogP contribution in [0.2, 0.25) is 0 Å². The number of aliphatic carboxylic acids is 1. The van der Waals surface area contributed by atoms with E-state index in [0.29, 0.717) is 30.7 Å². The molecular formula is C17H21NO5. The predicted octanol–water partition coefficient (Wildman–Crippen LogP) is 2.69. The molecule has 2 atom stereocenters. The Morgan fingerprint density at radius 3 is 2.30 bits per heavy atom. The summed E-state index contributed by atoms with van der Waals surface area (Å²) in [7, 11) is 0. The lowest BCUT2D eigenvalue weighted by Gasteiger charge is -2.27. The number of carboxylic acids is 1. The number of esters is 1. The molecule has 1 saturated carbocycles. The van der Waals surface area contributed by atoms with Gasteiger partial charge in [0.05, 0.1) is 24.0 Å². The van der Waals surface area contributed by atoms with Gasteiger partial charge < -0.3 is 15.2 Å². The van der Waals surface area contributed by atoms with Crippen LogP contribution in [0.1, 0.15) is 43.0 Å². The zero-order valence-electron chi connectivity index (χ0n) is 13.1. The zero-order chi connectivity index (χ0) is 16.8. The van der Waals surface area contributed by atoms with Crippen LogP contribution in [0.25, 0.3) is 0 Å². The number of benzene rings is 1. The molecule has 0 unspecified atom stereocenters. The molecule has 1 aliphatic rings. The average molecular weight is 319 g/mol. The van der Waals surface area contributed by atoms with Crippen LogP contribution >= 0.6 is 0 Å². The van der Waals surface area contributed by atoms with Gasteiger partial charge in [-0.15, -0.1) is 0 Å². The van der Waals surface area contributed by atoms with Crippen molar-refractivity contribution in [3.05, 3.63) is 29.8 Å². The molecule has 1 aromatic carbocycles. The van der Waals surface area contributed by atoms with Gasteiger partial charge in [0, 0.05) is 5.69 Å². The number of rotatable bonds is 5. The Bertz CT molecular complexity index is 581. The van der Waals surface area contributed by atoms with E-state index >= 15 is 0 Å². The highest BCUT2D eigenvalue weighted by Gasteiger charge is 2.35. The van der Waals surface area contributed by atoms with Crippen molar-refractivity contribution in [2.24, 2.45) is 11.8 Å². The fraction of sp³-hybridized carbons (Fsp3) is 0.471. The van der Waals surface area contributed by atoms with Crippen molar-refractivity contribution in [1.29, 1.82) is 0 Å². The van der Waals surface area contributed by atoms with Crippen LogP contribution in [0.5, 0.6) is 0 Å². The van der Waals surface area contributed by atoms with Gasteiger partial charge in [0.25, 0.3) is 0 Å². The first-order valence-corrected chi connectivity index (χ1v) is 7.83. The molecule has 0 bridgehead atoms. The number of hydrogen-bond acceptors (Lipinski definition) is 4.